The van der Waals surface area contributed by atoms with Gasteiger partial charge in [0, 0.05) is 32.9 Å². The molecule has 3 atom stereocenters. The zero-order chi connectivity index (χ0) is 40.1. The number of carbonyl (C=O) groups is 2. The van der Waals surface area contributed by atoms with Gasteiger partial charge in [0.25, 0.3) is 0 Å². The highest BCUT2D eigenvalue weighted by atomic mass is 35.5. The summed E-state index contributed by atoms with van der Waals surface area (Å²) in [6, 6.07) is 2.14. The van der Waals surface area contributed by atoms with Crippen molar-refractivity contribution in [2.75, 3.05) is 85.7 Å². The van der Waals surface area contributed by atoms with Crippen molar-refractivity contribution in [3.05, 3.63) is 17.5 Å². The summed E-state index contributed by atoms with van der Waals surface area (Å²) in [5, 5.41) is 15.3. The van der Waals surface area contributed by atoms with Gasteiger partial charge in [-0.1, -0.05) is 12.8 Å². The van der Waals surface area contributed by atoms with E-state index in [1.54, 1.807) is 38.5 Å². The Morgan fingerprint density at radius 1 is 0.945 bits per heavy atom. The van der Waals surface area contributed by atoms with Crippen molar-refractivity contribution in [2.24, 2.45) is 10.8 Å². The van der Waals surface area contributed by atoms with E-state index in [9.17, 15) is 19.3 Å². The number of nitrogens with one attached hydrogen (secondary N) is 1. The average Bonchev–Trinajstić information content (AvgIpc) is 3.89. The van der Waals surface area contributed by atoms with Crippen LogP contribution in [0.25, 0.3) is 11.0 Å². The van der Waals surface area contributed by atoms with Crippen LogP contribution < -0.4 is 5.32 Å². The van der Waals surface area contributed by atoms with E-state index in [-0.39, 0.29) is 44.7 Å². The van der Waals surface area contributed by atoms with Crippen LogP contribution in [-0.4, -0.2) is 130 Å². The van der Waals surface area contributed by atoms with E-state index in [1.165, 1.54) is 14.2 Å². The van der Waals surface area contributed by atoms with Crippen molar-refractivity contribution in [2.45, 2.75) is 84.3 Å². The number of carbonyl (C=O) groups excluding carboxylic acids is 2. The van der Waals surface area contributed by atoms with Crippen molar-refractivity contribution in [3.8, 4) is 0 Å². The molecule has 3 heterocycles. The maximum absolute atomic E-state index is 13.8. The van der Waals surface area contributed by atoms with E-state index < -0.39 is 68.7 Å². The summed E-state index contributed by atoms with van der Waals surface area (Å²) in [4.78, 5) is 34.4. The van der Waals surface area contributed by atoms with Gasteiger partial charge in [-0.25, -0.2) is 4.98 Å². The number of hydrogen-bond acceptors (Lipinski definition) is 17. The van der Waals surface area contributed by atoms with E-state index in [0.717, 1.165) is 31.1 Å². The molecule has 2 aromatic rings. The van der Waals surface area contributed by atoms with Gasteiger partial charge in [0.1, 0.15) is 23.9 Å². The Morgan fingerprint density at radius 2 is 1.53 bits per heavy atom. The molecule has 2 aliphatic rings. The molecule has 1 aliphatic heterocycles. The van der Waals surface area contributed by atoms with Crippen LogP contribution in [0.15, 0.2) is 12.3 Å². The molecule has 0 bridgehead atoms. The topological polar surface area (TPSA) is 206 Å². The molecule has 2 fully saturated rings. The van der Waals surface area contributed by atoms with Crippen molar-refractivity contribution >= 4 is 48.0 Å². The molecule has 0 spiro atoms. The summed E-state index contributed by atoms with van der Waals surface area (Å²) in [6.45, 7) is 6.21. The van der Waals surface area contributed by atoms with Crippen molar-refractivity contribution in [1.29, 1.82) is 0 Å². The second kappa shape index (κ2) is 21.3. The molecule has 1 aliphatic carbocycles. The number of aromatic nitrogens is 3. The highest BCUT2D eigenvalue weighted by Crippen LogP contribution is 2.48. The maximum Gasteiger partial charge on any atom is 0.361 e. The molecule has 2 aromatic heterocycles. The van der Waals surface area contributed by atoms with Crippen LogP contribution >= 0.6 is 19.2 Å². The molecule has 1 saturated heterocycles. The Morgan fingerprint density at radius 3 is 2.09 bits per heavy atom. The minimum atomic E-state index is -4.22. The quantitative estimate of drug-likeness (QED) is 0.0459. The summed E-state index contributed by atoms with van der Waals surface area (Å²) in [6.07, 6.45) is 3.30. The van der Waals surface area contributed by atoms with Gasteiger partial charge >= 0.3 is 19.5 Å². The van der Waals surface area contributed by atoms with Crippen molar-refractivity contribution in [3.63, 3.8) is 0 Å². The molecule has 0 aromatic carbocycles. The zero-order valence-corrected chi connectivity index (χ0v) is 34.1. The number of ether oxygens (including phenoxy) is 8. The number of halogens is 1. The van der Waals surface area contributed by atoms with Crippen molar-refractivity contribution in [1.82, 2.24) is 14.5 Å². The van der Waals surface area contributed by atoms with Gasteiger partial charge in [-0.15, -0.1) is 0 Å². The molecule has 0 amide bonds. The smallest absolute Gasteiger partial charge is 0.361 e. The molecule has 20 heteroatoms. The Hall–Kier alpha value is -2.48. The summed E-state index contributed by atoms with van der Waals surface area (Å²) in [7, 11) is -1.15. The van der Waals surface area contributed by atoms with Gasteiger partial charge in [-0.2, -0.15) is 4.98 Å². The molecule has 1 saturated carbocycles. The van der Waals surface area contributed by atoms with Gasteiger partial charge in [-0.3, -0.25) is 23.2 Å². The number of anilines is 1. The molecule has 0 radical (unpaired) electrons. The Balaban J connectivity index is 1.35. The van der Waals surface area contributed by atoms with Gasteiger partial charge in [0.05, 0.1) is 68.6 Å². The van der Waals surface area contributed by atoms with Crippen LogP contribution in [0.5, 0.6) is 0 Å². The fourth-order valence-electron chi connectivity index (χ4n) is 5.85. The first-order valence-corrected chi connectivity index (χ1v) is 20.4. The minimum Gasteiger partial charge on any atom is -0.437 e. The van der Waals surface area contributed by atoms with Gasteiger partial charge in [0.2, 0.25) is 18.9 Å². The maximum atomic E-state index is 13.8. The van der Waals surface area contributed by atoms with Crippen LogP contribution in [0.1, 0.15) is 66.0 Å². The SMILES string of the molecule is COCCOCC(C)(C)C(=O)OCOP(=O)(COC[C@@H]1C[C@@H](O)[C@H](n2ccc3c(NC4CCCC4)nc(Cl)nc32)O1)OCOC(=O)C(C)(C)COCCOC. The lowest BCUT2D eigenvalue weighted by Gasteiger charge is -2.25. The zero-order valence-electron chi connectivity index (χ0n) is 32.5. The third-order valence-corrected chi connectivity index (χ3v) is 10.7. The first kappa shape index (κ1) is 45.2. The van der Waals surface area contributed by atoms with E-state index >= 15 is 0 Å². The van der Waals surface area contributed by atoms with Gasteiger partial charge < -0.3 is 52.9 Å². The number of rotatable bonds is 25. The summed E-state index contributed by atoms with van der Waals surface area (Å²) >= 11 is 6.31. The summed E-state index contributed by atoms with van der Waals surface area (Å²) in [5.74, 6) is -0.731. The molecular formula is C35H56ClN4O14P. The highest BCUT2D eigenvalue weighted by Gasteiger charge is 2.38. The molecule has 18 nitrogen and oxygen atoms in total. The fraction of sp³-hybridized carbons (Fsp3) is 0.771. The van der Waals surface area contributed by atoms with E-state index in [2.05, 4.69) is 15.3 Å². The standard InChI is InChI=1S/C35H56ClN4O14P/c1-34(2,19-47-15-13-45-5)31(42)50-21-52-55(44,53-22-51-32(43)35(3,4)20-48-16-14-46-6)23-49-18-25-17-27(41)30(54-25)40-12-11-26-28(37-24-9-7-8-10-24)38-33(36)39-29(26)40/h11-12,24-25,27,30,41H,7-10,13-23H2,1-6H3,(H,37,38,39)/t25-,27+,30+/m0/s1. The second-order valence-corrected chi connectivity index (χ2v) is 17.0. The normalized spacial score (nSPS) is 19.7. The lowest BCUT2D eigenvalue weighted by Crippen LogP contribution is -2.33. The number of methoxy groups -OCH3 is 2. The third kappa shape index (κ3) is 13.6. The lowest BCUT2D eigenvalue weighted by molar-refractivity contribution is -0.166. The van der Waals surface area contributed by atoms with E-state index in [1.807, 2.05) is 6.07 Å². The van der Waals surface area contributed by atoms with Gasteiger partial charge in [-0.05, 0) is 58.2 Å². The van der Waals surface area contributed by atoms with Crippen LogP contribution in [-0.2, 0) is 61.1 Å². The lowest BCUT2D eigenvalue weighted by atomic mass is 9.95. The highest BCUT2D eigenvalue weighted by molar-refractivity contribution is 7.53. The first-order valence-electron chi connectivity index (χ1n) is 18.3. The Kier molecular flexibility index (Phi) is 17.5. The van der Waals surface area contributed by atoms with Gasteiger partial charge in [0.15, 0.2) is 6.23 Å². The fourth-order valence-corrected chi connectivity index (χ4v) is 6.99. The molecular weight excluding hydrogens is 767 g/mol. The monoisotopic (exact) mass is 822 g/mol. The Bertz CT molecular complexity index is 1530. The number of esters is 2. The minimum absolute atomic E-state index is 0.0406. The van der Waals surface area contributed by atoms with Crippen LogP contribution in [0.4, 0.5) is 5.82 Å². The van der Waals surface area contributed by atoms with Crippen LogP contribution in [0, 0.1) is 10.8 Å². The largest absolute Gasteiger partial charge is 0.437 e. The molecule has 55 heavy (non-hydrogen) atoms. The molecule has 2 N–H and O–H groups in total. The molecule has 4 rings (SSSR count). The number of nitrogens with zero attached hydrogens (tertiary/aromatic N) is 3. The third-order valence-electron chi connectivity index (χ3n) is 9.01. The van der Waals surface area contributed by atoms with Crippen LogP contribution in [0.3, 0.4) is 0 Å². The number of aliphatic hydroxyl groups excluding tert-OH is 1. The van der Waals surface area contributed by atoms with E-state index in [4.69, 9.17) is 58.5 Å². The average molecular weight is 823 g/mol. The first-order chi connectivity index (χ1) is 26.2. The number of hydrogen-bond donors (Lipinski definition) is 2. The van der Waals surface area contributed by atoms with E-state index in [0.29, 0.717) is 30.7 Å². The van der Waals surface area contributed by atoms with Crippen molar-refractivity contribution < 1.29 is 66.2 Å². The second-order valence-electron chi connectivity index (χ2n) is 14.7. The predicted molar refractivity (Wildman–Crippen MR) is 198 cm³/mol. The number of fused-ring (bicyclic) bond motifs is 1. The summed E-state index contributed by atoms with van der Waals surface area (Å²) < 4.78 is 69.6. The molecule has 0 unspecified atom stereocenters. The predicted octanol–water partition coefficient (Wildman–Crippen LogP) is 4.67. The van der Waals surface area contributed by atoms with Crippen LogP contribution in [0.2, 0.25) is 5.28 Å². The molecule has 312 valence electrons. The Labute approximate surface area is 326 Å². The summed E-state index contributed by atoms with van der Waals surface area (Å²) in [5.41, 5.74) is -1.62. The number of aliphatic hydroxyl groups is 1.